The van der Waals surface area contributed by atoms with Crippen LogP contribution in [0.2, 0.25) is 0 Å². The van der Waals surface area contributed by atoms with Crippen LogP contribution in [-0.4, -0.2) is 47.8 Å². The molecule has 0 aliphatic carbocycles. The van der Waals surface area contributed by atoms with Gasteiger partial charge in [0, 0.05) is 18.3 Å². The third-order valence-electron chi connectivity index (χ3n) is 5.04. The van der Waals surface area contributed by atoms with Crippen LogP contribution < -0.4 is 29.1 Å². The van der Waals surface area contributed by atoms with Crippen LogP contribution >= 0.6 is 12.2 Å². The lowest BCUT2D eigenvalue weighted by Crippen LogP contribution is -2.34. The second-order valence-corrected chi connectivity index (χ2v) is 9.53. The number of anilines is 2. The number of sulfonamides is 1. The molecule has 0 spiro atoms. The van der Waals surface area contributed by atoms with E-state index in [-0.39, 0.29) is 15.6 Å². The number of nitrogens with zero attached hydrogens (tertiary/aromatic N) is 1. The monoisotopic (exact) mass is 515 g/mol. The molecule has 0 saturated heterocycles. The molecule has 0 saturated carbocycles. The Morgan fingerprint density at radius 3 is 1.97 bits per heavy atom. The molecule has 0 bridgehead atoms. The quantitative estimate of drug-likeness (QED) is 0.438. The van der Waals surface area contributed by atoms with Gasteiger partial charge >= 0.3 is 0 Å². The molecule has 9 nitrogen and oxygen atoms in total. The van der Waals surface area contributed by atoms with Gasteiger partial charge in [0.05, 0.1) is 31.9 Å². The zero-order valence-corrected chi connectivity index (χ0v) is 21.2. The summed E-state index contributed by atoms with van der Waals surface area (Å²) >= 11 is 5.24. The Balaban J connectivity index is 1.70. The normalized spacial score (nSPS) is 10.7. The van der Waals surface area contributed by atoms with Gasteiger partial charge < -0.3 is 19.5 Å². The van der Waals surface area contributed by atoms with Crippen molar-refractivity contribution in [3.05, 3.63) is 72.3 Å². The van der Waals surface area contributed by atoms with Crippen molar-refractivity contribution >= 4 is 44.6 Å². The van der Waals surface area contributed by atoms with E-state index in [9.17, 15) is 13.2 Å². The molecule has 0 aliphatic rings. The summed E-state index contributed by atoms with van der Waals surface area (Å²) in [6.45, 7) is 0. The molecule has 35 heavy (non-hydrogen) atoms. The first kappa shape index (κ1) is 25.8. The molecule has 184 valence electrons. The number of thiocarbonyl (C=S) groups is 1. The third-order valence-corrected chi connectivity index (χ3v) is 7.05. The van der Waals surface area contributed by atoms with Gasteiger partial charge in [-0.15, -0.1) is 0 Å². The molecule has 3 aromatic rings. The average Bonchev–Trinajstić information content (AvgIpc) is 2.87. The number of rotatable bonds is 8. The summed E-state index contributed by atoms with van der Waals surface area (Å²) in [4.78, 5) is 12.8. The lowest BCUT2D eigenvalue weighted by molar-refractivity contribution is 0.0977. The topological polar surface area (TPSA) is 106 Å². The van der Waals surface area contributed by atoms with Crippen molar-refractivity contribution in [3.63, 3.8) is 0 Å². The molecule has 0 atom stereocenters. The van der Waals surface area contributed by atoms with E-state index in [1.165, 1.54) is 56.9 Å². The molecule has 3 rings (SSSR count). The minimum absolute atomic E-state index is 0.0285. The van der Waals surface area contributed by atoms with Gasteiger partial charge in [0.1, 0.15) is 0 Å². The van der Waals surface area contributed by atoms with E-state index in [1.54, 1.807) is 36.4 Å². The minimum Gasteiger partial charge on any atom is -0.493 e. The summed E-state index contributed by atoms with van der Waals surface area (Å²) in [6.07, 6.45) is 0. The molecular weight excluding hydrogens is 490 g/mol. The van der Waals surface area contributed by atoms with Crippen LogP contribution in [0.4, 0.5) is 11.4 Å². The Morgan fingerprint density at radius 1 is 0.886 bits per heavy atom. The van der Waals surface area contributed by atoms with Crippen molar-refractivity contribution in [3.8, 4) is 17.2 Å². The Morgan fingerprint density at radius 2 is 1.46 bits per heavy atom. The average molecular weight is 516 g/mol. The first-order valence-corrected chi connectivity index (χ1v) is 12.1. The van der Waals surface area contributed by atoms with Crippen LogP contribution in [0.15, 0.2) is 71.6 Å². The van der Waals surface area contributed by atoms with Gasteiger partial charge in [-0.2, -0.15) is 0 Å². The van der Waals surface area contributed by atoms with Gasteiger partial charge in [-0.05, 0) is 60.7 Å². The van der Waals surface area contributed by atoms with Gasteiger partial charge in [0.15, 0.2) is 16.6 Å². The van der Waals surface area contributed by atoms with Crippen LogP contribution in [0.25, 0.3) is 0 Å². The number of para-hydroxylation sites is 1. The molecule has 0 aliphatic heterocycles. The van der Waals surface area contributed by atoms with Gasteiger partial charge in [0.2, 0.25) is 5.75 Å². The highest BCUT2D eigenvalue weighted by molar-refractivity contribution is 7.92. The molecule has 3 aromatic carbocycles. The number of benzene rings is 3. The summed E-state index contributed by atoms with van der Waals surface area (Å²) in [6, 6.07) is 17.8. The Hall–Kier alpha value is -3.83. The van der Waals surface area contributed by atoms with Gasteiger partial charge in [0.25, 0.3) is 15.9 Å². The van der Waals surface area contributed by atoms with E-state index < -0.39 is 15.9 Å². The molecule has 0 aromatic heterocycles. The molecule has 11 heteroatoms. The van der Waals surface area contributed by atoms with Crippen LogP contribution in [-0.2, 0) is 10.0 Å². The van der Waals surface area contributed by atoms with Crippen LogP contribution in [0.1, 0.15) is 10.4 Å². The summed E-state index contributed by atoms with van der Waals surface area (Å²) in [5, 5.41) is 5.47. The number of nitrogens with one attached hydrogen (secondary N) is 2. The number of amides is 1. The largest absolute Gasteiger partial charge is 0.493 e. The van der Waals surface area contributed by atoms with Crippen LogP contribution in [0.5, 0.6) is 17.2 Å². The Kier molecular flexibility index (Phi) is 8.15. The smallest absolute Gasteiger partial charge is 0.264 e. The molecule has 1 amide bonds. The number of hydrogen-bond acceptors (Lipinski definition) is 7. The van der Waals surface area contributed by atoms with Crippen molar-refractivity contribution in [2.24, 2.45) is 0 Å². The number of carbonyl (C=O) groups excluding carboxylic acids is 1. The number of ether oxygens (including phenoxy) is 3. The van der Waals surface area contributed by atoms with Crippen LogP contribution in [0, 0.1) is 0 Å². The maximum Gasteiger partial charge on any atom is 0.264 e. The van der Waals surface area contributed by atoms with E-state index in [1.807, 2.05) is 6.07 Å². The summed E-state index contributed by atoms with van der Waals surface area (Å²) in [7, 11) is 2.12. The first-order valence-electron chi connectivity index (χ1n) is 10.3. The highest BCUT2D eigenvalue weighted by atomic mass is 32.2. The zero-order chi connectivity index (χ0) is 25.6. The Bertz CT molecular complexity index is 1290. The fraction of sp³-hybridized carbons (Fsp3) is 0.167. The lowest BCUT2D eigenvalue weighted by atomic mass is 10.1. The van der Waals surface area contributed by atoms with Crippen molar-refractivity contribution in [2.75, 3.05) is 38.0 Å². The highest BCUT2D eigenvalue weighted by Gasteiger charge is 2.21. The first-order chi connectivity index (χ1) is 16.7. The van der Waals surface area contributed by atoms with Gasteiger partial charge in [-0.3, -0.25) is 14.4 Å². The molecule has 0 fully saturated rings. The van der Waals surface area contributed by atoms with E-state index in [4.69, 9.17) is 26.4 Å². The van der Waals surface area contributed by atoms with Crippen molar-refractivity contribution in [2.45, 2.75) is 4.90 Å². The molecular formula is C24H25N3O6S2. The molecule has 0 unspecified atom stereocenters. The number of carbonyl (C=O) groups is 1. The van der Waals surface area contributed by atoms with E-state index in [2.05, 4.69) is 10.6 Å². The maximum absolute atomic E-state index is 12.9. The predicted molar refractivity (Wildman–Crippen MR) is 138 cm³/mol. The summed E-state index contributed by atoms with van der Waals surface area (Å²) in [5.41, 5.74) is 1.29. The van der Waals surface area contributed by atoms with E-state index in [0.717, 1.165) is 0 Å². The maximum atomic E-state index is 12.9. The molecule has 2 N–H and O–H groups in total. The van der Waals surface area contributed by atoms with Gasteiger partial charge in [-0.25, -0.2) is 8.42 Å². The second kappa shape index (κ2) is 11.1. The van der Waals surface area contributed by atoms with E-state index in [0.29, 0.717) is 28.6 Å². The van der Waals surface area contributed by atoms with Crippen molar-refractivity contribution < 1.29 is 27.4 Å². The van der Waals surface area contributed by atoms with Gasteiger partial charge in [-0.1, -0.05) is 18.2 Å². The fourth-order valence-corrected chi connectivity index (χ4v) is 4.60. The van der Waals surface area contributed by atoms with Crippen LogP contribution in [0.3, 0.4) is 0 Å². The minimum atomic E-state index is -3.74. The van der Waals surface area contributed by atoms with Crippen molar-refractivity contribution in [1.82, 2.24) is 5.32 Å². The predicted octanol–water partition coefficient (Wildman–Crippen LogP) is 3.66. The SMILES string of the molecule is COc1cc(C(=O)NC(=S)Nc2ccc(S(=O)(=O)N(C)c3ccccc3)cc2)cc(OC)c1OC. The zero-order valence-electron chi connectivity index (χ0n) is 19.6. The molecule has 0 radical (unpaired) electrons. The van der Waals surface area contributed by atoms with Crippen molar-refractivity contribution in [1.29, 1.82) is 0 Å². The standard InChI is InChI=1S/C24H25N3O6S2/c1-27(18-8-6-5-7-9-18)35(29,30)19-12-10-17(11-13-19)25-24(34)26-23(28)16-14-20(31-2)22(33-4)21(15-16)32-3/h5-15H,1-4H3,(H2,25,26,28,34). The summed E-state index contributed by atoms with van der Waals surface area (Å²) < 4.78 is 42.8. The summed E-state index contributed by atoms with van der Waals surface area (Å²) in [5.74, 6) is 0.520. The van der Waals surface area contributed by atoms with E-state index >= 15 is 0 Å². The number of methoxy groups -OCH3 is 3. The fourth-order valence-electron chi connectivity index (χ4n) is 3.19. The third kappa shape index (κ3) is 5.81. The Labute approximate surface area is 209 Å². The second-order valence-electron chi connectivity index (χ2n) is 7.15. The molecule has 0 heterocycles. The highest BCUT2D eigenvalue weighted by Crippen LogP contribution is 2.38. The lowest BCUT2D eigenvalue weighted by Gasteiger charge is -2.19. The number of hydrogen-bond donors (Lipinski definition) is 2.